The van der Waals surface area contributed by atoms with Crippen molar-refractivity contribution < 1.29 is 14.6 Å². The molecule has 6 heteroatoms. The number of esters is 1. The van der Waals surface area contributed by atoms with E-state index in [1.807, 2.05) is 6.20 Å². The molecular weight excluding hydrogens is 606 g/mol. The second-order valence-electron chi connectivity index (χ2n) is 19.7. The van der Waals surface area contributed by atoms with Crippen LogP contribution in [0.25, 0.3) is 5.69 Å². The van der Waals surface area contributed by atoms with Crippen molar-refractivity contribution in [2.45, 2.75) is 145 Å². The predicted molar refractivity (Wildman–Crippen MR) is 195 cm³/mol. The Morgan fingerprint density at radius 1 is 0.918 bits per heavy atom. The summed E-state index contributed by atoms with van der Waals surface area (Å²) in [5.74, 6) is 2.25. The van der Waals surface area contributed by atoms with Crippen molar-refractivity contribution >= 4 is 5.97 Å². The first-order valence-electron chi connectivity index (χ1n) is 19.4. The molecule has 0 aliphatic heterocycles. The van der Waals surface area contributed by atoms with Crippen molar-refractivity contribution in [1.82, 2.24) is 15.0 Å². The van der Waals surface area contributed by atoms with Gasteiger partial charge in [0.05, 0.1) is 23.4 Å². The first-order valence-corrected chi connectivity index (χ1v) is 19.4. The molecule has 1 N–H and O–H groups in total. The largest absolute Gasteiger partial charge is 0.459 e. The third-order valence-electron chi connectivity index (χ3n) is 16.3. The molecule has 0 radical (unpaired) electrons. The van der Waals surface area contributed by atoms with Gasteiger partial charge in [-0.25, -0.2) is 4.68 Å². The second-order valence-corrected chi connectivity index (χ2v) is 19.7. The SMILES string of the molecule is C=C(C)[C@@H]1CC[C@]2(C(=O)OCc3cn(-c4ccc(C(C)(C)C)cc4)nn3)CC[C@]3(C)[C@H](CC[C@@H]4[C@@]5(C)CC[C@H](O)C(C)(C)[C@@H]5CC[C@]43C)[C@@H]12. The molecule has 10 atom stereocenters. The van der Waals surface area contributed by atoms with Crippen molar-refractivity contribution in [2.24, 2.45) is 56.7 Å². The predicted octanol–water partition coefficient (Wildman–Crippen LogP) is 9.63. The third kappa shape index (κ3) is 5.06. The first kappa shape index (κ1) is 35.0. The number of ether oxygens (including phenoxy) is 1. The average molecular weight is 670 g/mol. The van der Waals surface area contributed by atoms with Gasteiger partial charge >= 0.3 is 5.97 Å². The number of fused-ring (bicyclic) bond motifs is 7. The molecular formula is C43H63N3O3. The maximum Gasteiger partial charge on any atom is 0.312 e. The van der Waals surface area contributed by atoms with E-state index in [1.54, 1.807) is 4.68 Å². The summed E-state index contributed by atoms with van der Waals surface area (Å²) < 4.78 is 8.04. The van der Waals surface area contributed by atoms with E-state index in [1.165, 1.54) is 36.8 Å². The van der Waals surface area contributed by atoms with E-state index in [-0.39, 0.29) is 51.7 Å². The molecule has 7 rings (SSSR count). The van der Waals surface area contributed by atoms with Crippen molar-refractivity contribution in [3.05, 3.63) is 53.9 Å². The fraction of sp³-hybridized carbons (Fsp3) is 0.744. The summed E-state index contributed by atoms with van der Waals surface area (Å²) in [6.07, 6.45) is 12.4. The molecule has 268 valence electrons. The molecule has 1 aromatic carbocycles. The molecule has 1 heterocycles. The quantitative estimate of drug-likeness (QED) is 0.253. The van der Waals surface area contributed by atoms with Crippen LogP contribution in [0.15, 0.2) is 42.6 Å². The number of aromatic nitrogens is 3. The van der Waals surface area contributed by atoms with Crippen LogP contribution in [0.5, 0.6) is 0 Å². The molecule has 0 saturated heterocycles. The second kappa shape index (κ2) is 11.5. The van der Waals surface area contributed by atoms with Gasteiger partial charge in [0.15, 0.2) is 0 Å². The Hall–Kier alpha value is -2.47. The van der Waals surface area contributed by atoms with Crippen molar-refractivity contribution in [1.29, 1.82) is 0 Å². The van der Waals surface area contributed by atoms with Crippen LogP contribution in [0.1, 0.15) is 138 Å². The van der Waals surface area contributed by atoms with Crippen LogP contribution in [0, 0.1) is 56.7 Å². The molecule has 0 amide bonds. The number of carbonyl (C=O) groups is 1. The standard InChI is InChI=1S/C43H63N3O3/c1-27(2)31-17-22-43(37(48)49-26-29-25-46(45-44-29)30-13-11-28(12-14-30)38(3,4)5)24-23-41(9)32(36(31)43)15-16-34-40(8)20-19-35(47)39(6,7)33(40)18-21-42(34,41)10/h11-14,25,31-36,47H,1,15-24,26H2,2-10H3/t31-,32+,33-,34+,35-,36+,40-,41+,42+,43-/m0/s1. The summed E-state index contributed by atoms with van der Waals surface area (Å²) in [6.45, 7) is 26.0. The summed E-state index contributed by atoms with van der Waals surface area (Å²) in [6, 6.07) is 8.44. The Morgan fingerprint density at radius 2 is 1.63 bits per heavy atom. The zero-order chi connectivity index (χ0) is 35.4. The number of aliphatic hydroxyl groups is 1. The molecule has 5 fully saturated rings. The van der Waals surface area contributed by atoms with E-state index in [9.17, 15) is 9.90 Å². The van der Waals surface area contributed by atoms with Crippen LogP contribution in [0.4, 0.5) is 0 Å². The van der Waals surface area contributed by atoms with E-state index in [2.05, 4.69) is 103 Å². The molecule has 1 aromatic heterocycles. The lowest BCUT2D eigenvalue weighted by Gasteiger charge is -2.72. The van der Waals surface area contributed by atoms with Crippen molar-refractivity contribution in [3.63, 3.8) is 0 Å². The lowest BCUT2D eigenvalue weighted by Crippen LogP contribution is -2.67. The van der Waals surface area contributed by atoms with Gasteiger partial charge in [-0.15, -0.1) is 5.10 Å². The minimum Gasteiger partial charge on any atom is -0.459 e. The zero-order valence-corrected chi connectivity index (χ0v) is 31.9. The summed E-state index contributed by atoms with van der Waals surface area (Å²) >= 11 is 0. The third-order valence-corrected chi connectivity index (χ3v) is 16.3. The van der Waals surface area contributed by atoms with Gasteiger partial charge in [0, 0.05) is 0 Å². The maximum atomic E-state index is 14.5. The number of aliphatic hydroxyl groups excluding tert-OH is 1. The van der Waals surface area contributed by atoms with Crippen molar-refractivity contribution in [3.8, 4) is 5.69 Å². The maximum absolute atomic E-state index is 14.5. The fourth-order valence-electron chi connectivity index (χ4n) is 13.4. The van der Waals surface area contributed by atoms with Crippen LogP contribution < -0.4 is 0 Å². The van der Waals surface area contributed by atoms with Gasteiger partial charge in [0.2, 0.25) is 0 Å². The van der Waals surface area contributed by atoms with Crippen LogP contribution in [-0.4, -0.2) is 32.2 Å². The summed E-state index contributed by atoms with van der Waals surface area (Å²) in [5, 5.41) is 19.9. The number of hydrogen-bond acceptors (Lipinski definition) is 5. The summed E-state index contributed by atoms with van der Waals surface area (Å²) in [4.78, 5) is 14.5. The Kier molecular flexibility index (Phi) is 8.22. The smallest absolute Gasteiger partial charge is 0.312 e. The minimum absolute atomic E-state index is 0.0293. The highest BCUT2D eigenvalue weighted by Gasteiger charge is 2.72. The Labute approximate surface area is 295 Å². The Morgan fingerprint density at radius 3 is 2.31 bits per heavy atom. The fourth-order valence-corrected chi connectivity index (χ4v) is 13.4. The zero-order valence-electron chi connectivity index (χ0n) is 31.9. The number of benzene rings is 1. The molecule has 0 bridgehead atoms. The van der Waals surface area contributed by atoms with E-state index < -0.39 is 5.41 Å². The van der Waals surface area contributed by atoms with Crippen LogP contribution in [-0.2, 0) is 21.6 Å². The molecule has 49 heavy (non-hydrogen) atoms. The van der Waals surface area contributed by atoms with Gasteiger partial charge in [-0.1, -0.05) is 84.9 Å². The molecule has 0 unspecified atom stereocenters. The van der Waals surface area contributed by atoms with E-state index >= 15 is 0 Å². The van der Waals surface area contributed by atoms with E-state index in [0.29, 0.717) is 29.4 Å². The summed E-state index contributed by atoms with van der Waals surface area (Å²) in [5.41, 5.74) is 4.31. The highest BCUT2D eigenvalue weighted by molar-refractivity contribution is 5.78. The van der Waals surface area contributed by atoms with Crippen molar-refractivity contribution in [2.75, 3.05) is 0 Å². The molecule has 2 aromatic rings. The number of rotatable bonds is 5. The molecule has 5 saturated carbocycles. The Bertz CT molecular complexity index is 1600. The highest BCUT2D eigenvalue weighted by atomic mass is 16.5. The summed E-state index contributed by atoms with van der Waals surface area (Å²) in [7, 11) is 0. The minimum atomic E-state index is -0.464. The van der Waals surface area contributed by atoms with Crippen LogP contribution >= 0.6 is 0 Å². The number of carbonyl (C=O) groups excluding carboxylic acids is 1. The Balaban J connectivity index is 1.13. The normalized spacial score (nSPS) is 41.2. The van der Waals surface area contributed by atoms with E-state index in [4.69, 9.17) is 4.74 Å². The molecule has 6 nitrogen and oxygen atoms in total. The topological polar surface area (TPSA) is 77.2 Å². The van der Waals surface area contributed by atoms with Gasteiger partial charge in [0.25, 0.3) is 0 Å². The van der Waals surface area contributed by atoms with E-state index in [0.717, 1.165) is 44.2 Å². The van der Waals surface area contributed by atoms with Crippen LogP contribution in [0.2, 0.25) is 0 Å². The van der Waals surface area contributed by atoms with Gasteiger partial charge in [-0.2, -0.15) is 0 Å². The molecule has 5 aliphatic rings. The highest BCUT2D eigenvalue weighted by Crippen LogP contribution is 2.77. The lowest BCUT2D eigenvalue weighted by atomic mass is 9.32. The number of allylic oxidation sites excluding steroid dienone is 1. The van der Waals surface area contributed by atoms with Crippen LogP contribution in [0.3, 0.4) is 0 Å². The van der Waals surface area contributed by atoms with Gasteiger partial charge in [-0.3, -0.25) is 4.79 Å². The van der Waals surface area contributed by atoms with Gasteiger partial charge < -0.3 is 9.84 Å². The molecule has 5 aliphatic carbocycles. The van der Waals surface area contributed by atoms with Gasteiger partial charge in [-0.05, 0) is 145 Å². The number of hydrogen-bond donors (Lipinski definition) is 1. The average Bonchev–Trinajstić information content (AvgIpc) is 3.68. The lowest BCUT2D eigenvalue weighted by molar-refractivity contribution is -0.248. The monoisotopic (exact) mass is 669 g/mol. The van der Waals surface area contributed by atoms with Gasteiger partial charge in [0.1, 0.15) is 12.3 Å². The number of nitrogens with zero attached hydrogens (tertiary/aromatic N) is 3. The first-order chi connectivity index (χ1) is 22.9. The molecule has 0 spiro atoms.